The lowest BCUT2D eigenvalue weighted by atomic mass is 9.87. The zero-order valence-corrected chi connectivity index (χ0v) is 7.62. The van der Waals surface area contributed by atoms with Gasteiger partial charge in [0, 0.05) is 13.5 Å². The molecule has 1 aliphatic rings. The molecule has 0 heterocycles. The Balaban J connectivity index is 0.000000561. The molecule has 0 spiro atoms. The molecule has 0 aromatic heterocycles. The fraction of sp³-hybridized carbons (Fsp3) is 0.889. The van der Waals surface area contributed by atoms with Crippen molar-refractivity contribution < 1.29 is 15.0 Å². The van der Waals surface area contributed by atoms with Crippen molar-refractivity contribution in [3.63, 3.8) is 0 Å². The van der Waals surface area contributed by atoms with Crippen LogP contribution in [0.4, 0.5) is 0 Å². The molecule has 12 heavy (non-hydrogen) atoms. The first kappa shape index (κ1) is 11.4. The molecule has 2 N–H and O–H groups in total. The maximum atomic E-state index is 10.3. The summed E-state index contributed by atoms with van der Waals surface area (Å²) in [5, 5.41) is 15.5. The molecule has 0 bridgehead atoms. The normalized spacial score (nSPS) is 17.8. The zero-order valence-electron chi connectivity index (χ0n) is 7.62. The van der Waals surface area contributed by atoms with E-state index in [1.807, 2.05) is 0 Å². The average molecular weight is 174 g/mol. The minimum absolute atomic E-state index is 0.389. The van der Waals surface area contributed by atoms with E-state index in [9.17, 15) is 4.79 Å². The lowest BCUT2D eigenvalue weighted by molar-refractivity contribution is -0.138. The quantitative estimate of drug-likeness (QED) is 0.669. The molecule has 0 aliphatic heterocycles. The lowest BCUT2D eigenvalue weighted by Gasteiger charge is -2.18. The second kappa shape index (κ2) is 7.10. The Morgan fingerprint density at radius 2 is 1.75 bits per heavy atom. The van der Waals surface area contributed by atoms with Crippen molar-refractivity contribution in [3.05, 3.63) is 0 Å². The van der Waals surface area contributed by atoms with Gasteiger partial charge in [-0.2, -0.15) is 0 Å². The Kier molecular flexibility index (Phi) is 6.76. The summed E-state index contributed by atoms with van der Waals surface area (Å²) in [4.78, 5) is 10.3. The van der Waals surface area contributed by atoms with E-state index in [4.69, 9.17) is 10.2 Å². The highest BCUT2D eigenvalue weighted by Gasteiger charge is 2.15. The van der Waals surface area contributed by atoms with Gasteiger partial charge < -0.3 is 10.2 Å². The molecule has 0 atom stereocenters. The third-order valence-electron chi connectivity index (χ3n) is 2.19. The molecule has 0 saturated heterocycles. The van der Waals surface area contributed by atoms with Crippen molar-refractivity contribution in [1.82, 2.24) is 0 Å². The molecule has 1 rings (SSSR count). The highest BCUT2D eigenvalue weighted by atomic mass is 16.4. The Labute approximate surface area is 73.4 Å². The number of aliphatic hydroxyl groups is 1. The SMILES string of the molecule is CO.O=C(O)CC1CCCCC1. The fourth-order valence-electron chi connectivity index (χ4n) is 1.64. The van der Waals surface area contributed by atoms with Crippen molar-refractivity contribution in [2.45, 2.75) is 38.5 Å². The van der Waals surface area contributed by atoms with Crippen molar-refractivity contribution in [1.29, 1.82) is 0 Å². The number of carbonyl (C=O) groups is 1. The summed E-state index contributed by atoms with van der Waals surface area (Å²) < 4.78 is 0. The summed E-state index contributed by atoms with van der Waals surface area (Å²) in [5.41, 5.74) is 0. The number of rotatable bonds is 2. The lowest BCUT2D eigenvalue weighted by Crippen LogP contribution is -2.10. The molecule has 0 aromatic carbocycles. The molecule has 0 amide bonds. The summed E-state index contributed by atoms with van der Waals surface area (Å²) in [5.74, 6) is -0.154. The number of carboxylic acids is 1. The molecule has 1 saturated carbocycles. The van der Waals surface area contributed by atoms with Crippen LogP contribution in [-0.2, 0) is 4.79 Å². The maximum Gasteiger partial charge on any atom is 0.303 e. The summed E-state index contributed by atoms with van der Waals surface area (Å²) in [6.07, 6.45) is 6.42. The van der Waals surface area contributed by atoms with Gasteiger partial charge in [-0.15, -0.1) is 0 Å². The predicted molar refractivity (Wildman–Crippen MR) is 47.0 cm³/mol. The molecular formula is C9H18O3. The van der Waals surface area contributed by atoms with Crippen LogP contribution in [-0.4, -0.2) is 23.3 Å². The predicted octanol–water partition coefficient (Wildman–Crippen LogP) is 1.65. The first-order valence-electron chi connectivity index (χ1n) is 4.45. The van der Waals surface area contributed by atoms with Crippen molar-refractivity contribution in [2.75, 3.05) is 7.11 Å². The van der Waals surface area contributed by atoms with Crippen molar-refractivity contribution in [3.8, 4) is 0 Å². The third kappa shape index (κ3) is 5.13. The summed E-state index contributed by atoms with van der Waals surface area (Å²) >= 11 is 0. The molecule has 0 unspecified atom stereocenters. The van der Waals surface area contributed by atoms with E-state index in [1.54, 1.807) is 0 Å². The van der Waals surface area contributed by atoms with Crippen LogP contribution < -0.4 is 0 Å². The Morgan fingerprint density at radius 1 is 1.25 bits per heavy atom. The van der Waals surface area contributed by atoms with Crippen molar-refractivity contribution >= 4 is 5.97 Å². The van der Waals surface area contributed by atoms with E-state index < -0.39 is 5.97 Å². The van der Waals surface area contributed by atoms with Gasteiger partial charge in [0.05, 0.1) is 0 Å². The van der Waals surface area contributed by atoms with E-state index in [0.29, 0.717) is 12.3 Å². The Morgan fingerprint density at radius 3 is 2.17 bits per heavy atom. The molecule has 3 nitrogen and oxygen atoms in total. The maximum absolute atomic E-state index is 10.3. The van der Waals surface area contributed by atoms with Gasteiger partial charge in [-0.1, -0.05) is 19.3 Å². The first-order valence-corrected chi connectivity index (χ1v) is 4.45. The smallest absolute Gasteiger partial charge is 0.303 e. The van der Waals surface area contributed by atoms with Gasteiger partial charge in [0.15, 0.2) is 0 Å². The number of carboxylic acid groups (broad SMARTS) is 1. The molecule has 1 aliphatic carbocycles. The first-order chi connectivity index (χ1) is 5.79. The number of hydrogen-bond donors (Lipinski definition) is 2. The molecule has 72 valence electrons. The molecular weight excluding hydrogens is 156 g/mol. The van der Waals surface area contributed by atoms with Gasteiger partial charge in [0.2, 0.25) is 0 Å². The van der Waals surface area contributed by atoms with Crippen LogP contribution in [0.1, 0.15) is 38.5 Å². The Hall–Kier alpha value is -0.570. The van der Waals surface area contributed by atoms with E-state index in [0.717, 1.165) is 20.0 Å². The van der Waals surface area contributed by atoms with E-state index in [1.165, 1.54) is 19.3 Å². The second-order valence-electron chi connectivity index (χ2n) is 3.10. The minimum atomic E-state index is -0.632. The highest BCUT2D eigenvalue weighted by molar-refractivity contribution is 5.66. The van der Waals surface area contributed by atoms with Gasteiger partial charge >= 0.3 is 5.97 Å². The second-order valence-corrected chi connectivity index (χ2v) is 3.10. The largest absolute Gasteiger partial charge is 0.481 e. The average Bonchev–Trinajstić information content (AvgIpc) is 2.08. The fourth-order valence-corrected chi connectivity index (χ4v) is 1.64. The number of aliphatic hydroxyl groups excluding tert-OH is 1. The van der Waals surface area contributed by atoms with Gasteiger partial charge in [0.1, 0.15) is 0 Å². The van der Waals surface area contributed by atoms with Gasteiger partial charge in [-0.3, -0.25) is 4.79 Å². The topological polar surface area (TPSA) is 57.5 Å². The van der Waals surface area contributed by atoms with Gasteiger partial charge in [-0.05, 0) is 18.8 Å². The highest BCUT2D eigenvalue weighted by Crippen LogP contribution is 2.25. The van der Waals surface area contributed by atoms with E-state index in [2.05, 4.69) is 0 Å². The number of hydrogen-bond acceptors (Lipinski definition) is 2. The summed E-state index contributed by atoms with van der Waals surface area (Å²) in [6, 6.07) is 0. The van der Waals surface area contributed by atoms with Crippen LogP contribution in [0.15, 0.2) is 0 Å². The van der Waals surface area contributed by atoms with Gasteiger partial charge in [0.25, 0.3) is 0 Å². The molecule has 0 aromatic rings. The van der Waals surface area contributed by atoms with Gasteiger partial charge in [-0.25, -0.2) is 0 Å². The summed E-state index contributed by atoms with van der Waals surface area (Å²) in [7, 11) is 1.00. The van der Waals surface area contributed by atoms with Crippen LogP contribution in [0, 0.1) is 5.92 Å². The number of aliphatic carboxylic acids is 1. The minimum Gasteiger partial charge on any atom is -0.481 e. The van der Waals surface area contributed by atoms with Crippen molar-refractivity contribution in [2.24, 2.45) is 5.92 Å². The monoisotopic (exact) mass is 174 g/mol. The van der Waals surface area contributed by atoms with Crippen LogP contribution in [0.3, 0.4) is 0 Å². The van der Waals surface area contributed by atoms with Crippen LogP contribution >= 0.6 is 0 Å². The van der Waals surface area contributed by atoms with Crippen LogP contribution in [0.2, 0.25) is 0 Å². The van der Waals surface area contributed by atoms with Crippen LogP contribution in [0.25, 0.3) is 0 Å². The summed E-state index contributed by atoms with van der Waals surface area (Å²) in [6.45, 7) is 0. The van der Waals surface area contributed by atoms with E-state index in [-0.39, 0.29) is 0 Å². The molecule has 0 radical (unpaired) electrons. The molecule has 3 heteroatoms. The standard InChI is InChI=1S/C8H14O2.CH4O/c9-8(10)6-7-4-2-1-3-5-7;1-2/h7H,1-6H2,(H,9,10);2H,1H3. The zero-order chi connectivity index (χ0) is 9.40. The van der Waals surface area contributed by atoms with Crippen LogP contribution in [0.5, 0.6) is 0 Å². The van der Waals surface area contributed by atoms with E-state index >= 15 is 0 Å². The Bertz CT molecular complexity index is 117. The third-order valence-corrected chi connectivity index (χ3v) is 2.19. The molecule has 1 fully saturated rings.